The number of thiazole rings is 1. The minimum absolute atomic E-state index is 0.00720. The van der Waals surface area contributed by atoms with Crippen molar-refractivity contribution in [1.29, 1.82) is 0 Å². The van der Waals surface area contributed by atoms with Gasteiger partial charge in [0.1, 0.15) is 5.56 Å². The van der Waals surface area contributed by atoms with Crippen molar-refractivity contribution in [2.75, 3.05) is 19.0 Å². The highest BCUT2D eigenvalue weighted by Crippen LogP contribution is 2.32. The van der Waals surface area contributed by atoms with Crippen molar-refractivity contribution in [2.45, 2.75) is 32.2 Å². The third kappa shape index (κ3) is 3.59. The largest absolute Gasteiger partial charge is 0.493 e. The first-order chi connectivity index (χ1) is 15.0. The van der Waals surface area contributed by atoms with Crippen molar-refractivity contribution >= 4 is 39.3 Å². The highest BCUT2D eigenvalue weighted by atomic mass is 32.1. The van der Waals surface area contributed by atoms with Gasteiger partial charge in [0.25, 0.3) is 5.91 Å². The maximum atomic E-state index is 13.1. The average molecular weight is 439 g/mol. The van der Waals surface area contributed by atoms with Gasteiger partial charge >= 0.3 is 5.63 Å². The van der Waals surface area contributed by atoms with Crippen molar-refractivity contribution in [3.8, 4) is 5.75 Å². The molecule has 160 valence electrons. The molecule has 2 aromatic heterocycles. The SMILES string of the molecule is COc1cccc2cc(C(=O)N3CCc4nc(NC(=O)C5CCC5)sc4C3)c(=O)oc12. The van der Waals surface area contributed by atoms with Crippen LogP contribution in [0.15, 0.2) is 33.5 Å². The van der Waals surface area contributed by atoms with Crippen molar-refractivity contribution in [3.05, 3.63) is 50.8 Å². The summed E-state index contributed by atoms with van der Waals surface area (Å²) < 4.78 is 10.6. The number of fused-ring (bicyclic) bond motifs is 2. The van der Waals surface area contributed by atoms with Crippen LogP contribution in [-0.4, -0.2) is 35.4 Å². The van der Waals surface area contributed by atoms with Gasteiger partial charge in [-0.25, -0.2) is 9.78 Å². The molecule has 9 heteroatoms. The lowest BCUT2D eigenvalue weighted by Crippen LogP contribution is -2.37. The molecule has 31 heavy (non-hydrogen) atoms. The molecule has 0 unspecified atom stereocenters. The number of hydrogen-bond acceptors (Lipinski definition) is 7. The fraction of sp³-hybridized carbons (Fsp3) is 0.364. The summed E-state index contributed by atoms with van der Waals surface area (Å²) in [5, 5.41) is 4.11. The maximum absolute atomic E-state index is 13.1. The molecule has 1 N–H and O–H groups in total. The van der Waals surface area contributed by atoms with Crippen molar-refractivity contribution < 1.29 is 18.7 Å². The Balaban J connectivity index is 1.36. The Morgan fingerprint density at radius 2 is 2.16 bits per heavy atom. The van der Waals surface area contributed by atoms with E-state index >= 15 is 0 Å². The predicted octanol–water partition coefficient (Wildman–Crippen LogP) is 3.20. The first-order valence-electron chi connectivity index (χ1n) is 10.2. The molecular formula is C22H21N3O5S. The van der Waals surface area contributed by atoms with Gasteiger partial charge in [0, 0.05) is 29.1 Å². The zero-order chi connectivity index (χ0) is 21.5. The number of para-hydroxylation sites is 1. The molecule has 1 aromatic carbocycles. The Morgan fingerprint density at radius 3 is 2.90 bits per heavy atom. The molecule has 3 aromatic rings. The van der Waals surface area contributed by atoms with E-state index in [0.717, 1.165) is 29.8 Å². The normalized spacial score (nSPS) is 16.0. The van der Waals surface area contributed by atoms with E-state index in [1.165, 1.54) is 18.4 Å². The third-order valence-corrected chi connectivity index (χ3v) is 6.90. The van der Waals surface area contributed by atoms with Crippen molar-refractivity contribution in [1.82, 2.24) is 9.88 Å². The van der Waals surface area contributed by atoms with Crippen LogP contribution < -0.4 is 15.7 Å². The molecule has 1 aliphatic carbocycles. The van der Waals surface area contributed by atoms with E-state index in [2.05, 4.69) is 10.3 Å². The van der Waals surface area contributed by atoms with E-state index in [-0.39, 0.29) is 23.3 Å². The number of carbonyl (C=O) groups is 2. The minimum Gasteiger partial charge on any atom is -0.493 e. The summed E-state index contributed by atoms with van der Waals surface area (Å²) in [5.41, 5.74) is 0.521. The summed E-state index contributed by atoms with van der Waals surface area (Å²) in [4.78, 5) is 44.9. The van der Waals surface area contributed by atoms with Gasteiger partial charge < -0.3 is 19.4 Å². The van der Waals surface area contributed by atoms with E-state index < -0.39 is 5.63 Å². The fourth-order valence-electron chi connectivity index (χ4n) is 3.90. The van der Waals surface area contributed by atoms with E-state index in [1.54, 1.807) is 29.2 Å². The Labute approximate surface area is 181 Å². The van der Waals surface area contributed by atoms with Gasteiger partial charge in [-0.2, -0.15) is 0 Å². The van der Waals surface area contributed by atoms with Crippen LogP contribution >= 0.6 is 11.3 Å². The van der Waals surface area contributed by atoms with E-state index in [1.807, 2.05) is 0 Å². The number of carbonyl (C=O) groups excluding carboxylic acids is 2. The first-order valence-corrected chi connectivity index (χ1v) is 11.0. The second-order valence-electron chi connectivity index (χ2n) is 7.81. The second-order valence-corrected chi connectivity index (χ2v) is 8.89. The molecule has 1 fully saturated rings. The third-order valence-electron chi connectivity index (χ3n) is 5.90. The van der Waals surface area contributed by atoms with Crippen LogP contribution in [-0.2, 0) is 17.8 Å². The van der Waals surface area contributed by atoms with Gasteiger partial charge in [-0.05, 0) is 25.0 Å². The van der Waals surface area contributed by atoms with Crippen LogP contribution in [0.4, 0.5) is 5.13 Å². The number of methoxy groups -OCH3 is 1. The molecule has 0 saturated heterocycles. The number of ether oxygens (including phenoxy) is 1. The maximum Gasteiger partial charge on any atom is 0.349 e. The van der Waals surface area contributed by atoms with Crippen LogP contribution in [0.1, 0.15) is 40.2 Å². The highest BCUT2D eigenvalue weighted by Gasteiger charge is 2.29. The number of amides is 2. The lowest BCUT2D eigenvalue weighted by molar-refractivity contribution is -0.122. The Hall–Kier alpha value is -3.20. The molecule has 0 atom stereocenters. The standard InChI is InChI=1S/C22H21N3O5S/c1-29-16-7-3-6-13-10-14(21(28)30-18(13)16)20(27)25-9-8-15-17(11-25)31-22(23-15)24-19(26)12-4-2-5-12/h3,6-7,10,12H,2,4-5,8-9,11H2,1H3,(H,23,24,26). The van der Waals surface area contributed by atoms with E-state index in [9.17, 15) is 14.4 Å². The number of rotatable bonds is 4. The number of aromatic nitrogens is 1. The minimum atomic E-state index is -0.689. The van der Waals surface area contributed by atoms with Crippen molar-refractivity contribution in [2.24, 2.45) is 5.92 Å². The topological polar surface area (TPSA) is 102 Å². The molecule has 8 nitrogen and oxygen atoms in total. The predicted molar refractivity (Wildman–Crippen MR) is 116 cm³/mol. The summed E-state index contributed by atoms with van der Waals surface area (Å²) in [6.45, 7) is 0.794. The number of hydrogen-bond donors (Lipinski definition) is 1. The number of nitrogens with zero attached hydrogens (tertiary/aromatic N) is 2. The Bertz CT molecular complexity index is 1240. The fourth-order valence-corrected chi connectivity index (χ4v) is 4.92. The Kier molecular flexibility index (Phi) is 4.97. The van der Waals surface area contributed by atoms with Gasteiger partial charge in [-0.3, -0.25) is 9.59 Å². The summed E-state index contributed by atoms with van der Waals surface area (Å²) in [6.07, 6.45) is 3.53. The monoisotopic (exact) mass is 439 g/mol. The molecule has 2 aliphatic rings. The Morgan fingerprint density at radius 1 is 1.32 bits per heavy atom. The van der Waals surface area contributed by atoms with Gasteiger partial charge in [0.2, 0.25) is 5.91 Å². The molecule has 2 amide bonds. The number of nitrogens with one attached hydrogen (secondary N) is 1. The molecular weight excluding hydrogens is 418 g/mol. The van der Waals surface area contributed by atoms with Gasteiger partial charge in [-0.15, -0.1) is 0 Å². The highest BCUT2D eigenvalue weighted by molar-refractivity contribution is 7.15. The molecule has 5 rings (SSSR count). The molecule has 0 spiro atoms. The zero-order valence-electron chi connectivity index (χ0n) is 17.0. The van der Waals surface area contributed by atoms with Crippen LogP contribution in [0, 0.1) is 5.92 Å². The van der Waals surface area contributed by atoms with E-state index in [0.29, 0.717) is 41.4 Å². The van der Waals surface area contributed by atoms with Crippen LogP contribution in [0.2, 0.25) is 0 Å². The van der Waals surface area contributed by atoms with Gasteiger partial charge in [0.05, 0.1) is 19.3 Å². The molecule has 0 bridgehead atoms. The lowest BCUT2D eigenvalue weighted by atomic mass is 9.85. The molecule has 1 saturated carbocycles. The number of anilines is 1. The van der Waals surface area contributed by atoms with Crippen molar-refractivity contribution in [3.63, 3.8) is 0 Å². The zero-order valence-corrected chi connectivity index (χ0v) is 17.8. The van der Waals surface area contributed by atoms with E-state index in [4.69, 9.17) is 9.15 Å². The van der Waals surface area contributed by atoms with Gasteiger partial charge in [-0.1, -0.05) is 29.9 Å². The smallest absolute Gasteiger partial charge is 0.349 e. The summed E-state index contributed by atoms with van der Waals surface area (Å²) in [5.74, 6) is 0.175. The van der Waals surface area contributed by atoms with Crippen LogP contribution in [0.5, 0.6) is 5.75 Å². The summed E-state index contributed by atoms with van der Waals surface area (Å²) in [7, 11) is 1.50. The van der Waals surface area contributed by atoms with Crippen LogP contribution in [0.25, 0.3) is 11.0 Å². The molecule has 0 radical (unpaired) electrons. The quantitative estimate of drug-likeness (QED) is 0.627. The lowest BCUT2D eigenvalue weighted by Gasteiger charge is -2.25. The molecule has 1 aliphatic heterocycles. The second kappa shape index (κ2) is 7.81. The first kappa shape index (κ1) is 19.7. The number of benzene rings is 1. The average Bonchev–Trinajstić information content (AvgIpc) is 3.12. The summed E-state index contributed by atoms with van der Waals surface area (Å²) >= 11 is 1.39. The summed E-state index contributed by atoms with van der Waals surface area (Å²) in [6, 6.07) is 6.80. The molecule has 3 heterocycles. The van der Waals surface area contributed by atoms with Crippen LogP contribution in [0.3, 0.4) is 0 Å². The van der Waals surface area contributed by atoms with Gasteiger partial charge in [0.15, 0.2) is 16.5 Å².